The lowest BCUT2D eigenvalue weighted by molar-refractivity contribution is 0.454. The van der Waals surface area contributed by atoms with Crippen LogP contribution in [0, 0.1) is 0 Å². The van der Waals surface area contributed by atoms with E-state index in [2.05, 4.69) is 14.9 Å². The van der Waals surface area contributed by atoms with Crippen LogP contribution in [0.5, 0.6) is 0 Å². The van der Waals surface area contributed by atoms with Crippen LogP contribution in [0.15, 0.2) is 62.8 Å². The Morgan fingerprint density at radius 1 is 1.08 bits per heavy atom. The van der Waals surface area contributed by atoms with E-state index in [9.17, 15) is 13.2 Å². The van der Waals surface area contributed by atoms with Gasteiger partial charge in [0.15, 0.2) is 5.76 Å². The molecule has 2 N–H and O–H groups in total. The summed E-state index contributed by atoms with van der Waals surface area (Å²) in [6.45, 7) is 0.104. The van der Waals surface area contributed by atoms with Crippen molar-refractivity contribution < 1.29 is 12.8 Å². The molecule has 0 bridgehead atoms. The van der Waals surface area contributed by atoms with Crippen molar-refractivity contribution in [2.75, 3.05) is 0 Å². The zero-order chi connectivity index (χ0) is 17.2. The van der Waals surface area contributed by atoms with E-state index < -0.39 is 10.0 Å². The molecule has 2 heterocycles. The molecule has 0 aliphatic rings. The number of nitrogens with zero attached hydrogens (tertiary/aromatic N) is 1. The van der Waals surface area contributed by atoms with Crippen LogP contribution in [0.3, 0.4) is 0 Å². The van der Waals surface area contributed by atoms with Gasteiger partial charge in [-0.15, -0.1) is 0 Å². The van der Waals surface area contributed by atoms with E-state index in [1.165, 1.54) is 24.3 Å². The Labute approximate surface area is 142 Å². The molecular formula is C15H12ClN3O4S. The fraction of sp³-hybridized carbons (Fsp3) is 0.0667. The second-order valence-corrected chi connectivity index (χ2v) is 7.01. The Hall–Kier alpha value is -2.42. The summed E-state index contributed by atoms with van der Waals surface area (Å²) in [5.74, 6) is 0.234. The van der Waals surface area contributed by atoms with Gasteiger partial charge in [0.1, 0.15) is 5.69 Å². The Morgan fingerprint density at radius 2 is 1.83 bits per heavy atom. The summed E-state index contributed by atoms with van der Waals surface area (Å²) >= 11 is 5.79. The normalized spacial score (nSPS) is 11.5. The largest absolute Gasteiger partial charge is 0.442 e. The topological polar surface area (TPSA) is 105 Å². The van der Waals surface area contributed by atoms with Crippen LogP contribution in [0.4, 0.5) is 0 Å². The minimum Gasteiger partial charge on any atom is -0.442 e. The summed E-state index contributed by atoms with van der Waals surface area (Å²) in [7, 11) is -3.81. The highest BCUT2D eigenvalue weighted by Crippen LogP contribution is 2.22. The van der Waals surface area contributed by atoms with Crippen LogP contribution in [-0.2, 0) is 16.6 Å². The van der Waals surface area contributed by atoms with Crippen molar-refractivity contribution in [2.45, 2.75) is 11.6 Å². The Balaban J connectivity index is 1.76. The van der Waals surface area contributed by atoms with E-state index in [1.54, 1.807) is 24.3 Å². The third kappa shape index (κ3) is 3.73. The van der Waals surface area contributed by atoms with Crippen LogP contribution in [-0.4, -0.2) is 18.6 Å². The fourth-order valence-corrected chi connectivity index (χ4v) is 3.01. The van der Waals surface area contributed by atoms with Gasteiger partial charge < -0.3 is 4.42 Å². The van der Waals surface area contributed by atoms with Crippen molar-refractivity contribution in [3.05, 3.63) is 69.5 Å². The summed E-state index contributed by atoms with van der Waals surface area (Å²) in [5, 5.41) is 6.38. The molecule has 0 radical (unpaired) electrons. The van der Waals surface area contributed by atoms with E-state index in [-0.39, 0.29) is 23.0 Å². The van der Waals surface area contributed by atoms with E-state index >= 15 is 0 Å². The van der Waals surface area contributed by atoms with Crippen LogP contribution in [0.25, 0.3) is 11.5 Å². The number of aromatic amines is 1. The number of aromatic nitrogens is 2. The molecule has 9 heteroatoms. The zero-order valence-electron chi connectivity index (χ0n) is 12.2. The maximum Gasteiger partial charge on any atom is 0.274 e. The number of benzene rings is 1. The van der Waals surface area contributed by atoms with Crippen molar-refractivity contribution in [1.82, 2.24) is 14.9 Å². The fourth-order valence-electron chi connectivity index (χ4n) is 1.94. The van der Waals surface area contributed by atoms with E-state index in [0.29, 0.717) is 10.7 Å². The van der Waals surface area contributed by atoms with Crippen LogP contribution >= 0.6 is 11.6 Å². The summed E-state index contributed by atoms with van der Waals surface area (Å²) in [6.07, 6.45) is 0. The summed E-state index contributed by atoms with van der Waals surface area (Å²) < 4.78 is 32.3. The van der Waals surface area contributed by atoms with Crippen LogP contribution in [0.1, 0.15) is 5.56 Å². The van der Waals surface area contributed by atoms with Gasteiger partial charge in [0.2, 0.25) is 5.09 Å². The van der Waals surface area contributed by atoms with Gasteiger partial charge in [-0.2, -0.15) is 5.10 Å². The summed E-state index contributed by atoms with van der Waals surface area (Å²) in [5.41, 5.74) is 0.730. The molecule has 0 spiro atoms. The molecule has 0 atom stereocenters. The van der Waals surface area contributed by atoms with Crippen molar-refractivity contribution >= 4 is 21.6 Å². The van der Waals surface area contributed by atoms with Gasteiger partial charge in [-0.05, 0) is 35.9 Å². The van der Waals surface area contributed by atoms with E-state index in [0.717, 1.165) is 5.56 Å². The number of H-pyrrole nitrogens is 1. The van der Waals surface area contributed by atoms with E-state index in [4.69, 9.17) is 16.0 Å². The summed E-state index contributed by atoms with van der Waals surface area (Å²) in [4.78, 5) is 11.0. The van der Waals surface area contributed by atoms with Crippen molar-refractivity contribution in [2.24, 2.45) is 0 Å². The highest BCUT2D eigenvalue weighted by Gasteiger charge is 2.19. The first kappa shape index (κ1) is 16.4. The van der Waals surface area contributed by atoms with Gasteiger partial charge in [-0.1, -0.05) is 23.7 Å². The Bertz CT molecular complexity index is 989. The van der Waals surface area contributed by atoms with Gasteiger partial charge in [0.25, 0.3) is 15.6 Å². The predicted octanol–water partition coefficient (Wildman–Crippen LogP) is 2.16. The Morgan fingerprint density at radius 3 is 2.50 bits per heavy atom. The first-order valence-electron chi connectivity index (χ1n) is 6.84. The lowest BCUT2D eigenvalue weighted by Crippen LogP contribution is -2.22. The molecule has 0 aliphatic carbocycles. The highest BCUT2D eigenvalue weighted by molar-refractivity contribution is 7.89. The molecule has 3 rings (SSSR count). The second kappa shape index (κ2) is 6.60. The molecule has 2 aromatic heterocycles. The molecule has 0 saturated heterocycles. The second-order valence-electron chi connectivity index (χ2n) is 4.88. The first-order chi connectivity index (χ1) is 11.4. The van der Waals surface area contributed by atoms with Gasteiger partial charge in [0.05, 0.1) is 0 Å². The number of nitrogens with one attached hydrogen (secondary N) is 2. The zero-order valence-corrected chi connectivity index (χ0v) is 13.8. The third-order valence-corrected chi connectivity index (χ3v) is 4.68. The number of hydrogen-bond acceptors (Lipinski definition) is 5. The van der Waals surface area contributed by atoms with Gasteiger partial charge >= 0.3 is 0 Å². The first-order valence-corrected chi connectivity index (χ1v) is 8.70. The average molecular weight is 366 g/mol. The maximum atomic E-state index is 12.3. The van der Waals surface area contributed by atoms with Gasteiger partial charge in [-0.3, -0.25) is 4.79 Å². The van der Waals surface area contributed by atoms with Crippen molar-refractivity contribution in [3.63, 3.8) is 0 Å². The standard InChI is InChI=1S/C15H12ClN3O4S/c16-11-3-1-10(2-4-11)9-17-24(21,22)15-8-6-13(23-15)12-5-7-14(20)19-18-12/h1-8,17H,9H2,(H,19,20). The van der Waals surface area contributed by atoms with Crippen molar-refractivity contribution in [1.29, 1.82) is 0 Å². The van der Waals surface area contributed by atoms with Gasteiger partial charge in [0, 0.05) is 17.6 Å². The van der Waals surface area contributed by atoms with Crippen LogP contribution in [0.2, 0.25) is 5.02 Å². The smallest absolute Gasteiger partial charge is 0.274 e. The van der Waals surface area contributed by atoms with Gasteiger partial charge in [-0.25, -0.2) is 18.2 Å². The lowest BCUT2D eigenvalue weighted by atomic mass is 10.2. The molecule has 3 aromatic rings. The molecule has 0 amide bonds. The van der Waals surface area contributed by atoms with Crippen molar-refractivity contribution in [3.8, 4) is 11.5 Å². The number of sulfonamides is 1. The number of halogens is 1. The third-order valence-electron chi connectivity index (χ3n) is 3.16. The SMILES string of the molecule is O=c1ccc(-c2ccc(S(=O)(=O)NCc3ccc(Cl)cc3)o2)n[nH]1. The minimum absolute atomic E-state index is 0.104. The lowest BCUT2D eigenvalue weighted by Gasteiger charge is -2.04. The predicted molar refractivity (Wildman–Crippen MR) is 88.0 cm³/mol. The molecule has 7 nitrogen and oxygen atoms in total. The monoisotopic (exact) mass is 365 g/mol. The molecule has 124 valence electrons. The number of rotatable bonds is 5. The molecule has 0 fully saturated rings. The number of furan rings is 1. The minimum atomic E-state index is -3.81. The molecule has 0 aliphatic heterocycles. The number of hydrogen-bond donors (Lipinski definition) is 2. The van der Waals surface area contributed by atoms with E-state index in [1.807, 2.05) is 0 Å². The molecular weight excluding hydrogens is 354 g/mol. The Kier molecular flexibility index (Phi) is 4.52. The molecule has 0 unspecified atom stereocenters. The summed E-state index contributed by atoms with van der Waals surface area (Å²) in [6, 6.07) is 12.3. The molecule has 1 aromatic carbocycles. The average Bonchev–Trinajstić information content (AvgIpc) is 3.06. The highest BCUT2D eigenvalue weighted by atomic mass is 35.5. The van der Waals surface area contributed by atoms with Crippen LogP contribution < -0.4 is 10.3 Å². The maximum absolute atomic E-state index is 12.3. The molecule has 24 heavy (non-hydrogen) atoms. The molecule has 0 saturated carbocycles. The quantitative estimate of drug-likeness (QED) is 0.720.